The minimum Gasteiger partial charge on any atom is -0.497 e. The molecule has 9 atom stereocenters. The zero-order chi connectivity index (χ0) is 28.1. The van der Waals surface area contributed by atoms with Crippen molar-refractivity contribution < 1.29 is 28.8 Å². The van der Waals surface area contributed by atoms with E-state index in [-0.39, 0.29) is 24.9 Å². The van der Waals surface area contributed by atoms with Crippen LogP contribution in [0.25, 0.3) is 0 Å². The van der Waals surface area contributed by atoms with Gasteiger partial charge in [0, 0.05) is 24.5 Å². The molecular formula is C34H44O6. The van der Waals surface area contributed by atoms with Crippen molar-refractivity contribution in [1.82, 2.24) is 0 Å². The molecular weight excluding hydrogens is 504 g/mol. The van der Waals surface area contributed by atoms with Crippen molar-refractivity contribution in [2.45, 2.75) is 63.8 Å². The van der Waals surface area contributed by atoms with E-state index in [2.05, 4.69) is 43.9 Å². The van der Waals surface area contributed by atoms with Gasteiger partial charge in [-0.1, -0.05) is 49.4 Å². The summed E-state index contributed by atoms with van der Waals surface area (Å²) in [6.07, 6.45) is 10.1. The third-order valence-corrected chi connectivity index (χ3v) is 9.05. The molecule has 0 spiro atoms. The van der Waals surface area contributed by atoms with E-state index in [1.807, 2.05) is 36.4 Å². The first kappa shape index (κ1) is 28.9. The van der Waals surface area contributed by atoms with E-state index in [0.29, 0.717) is 42.6 Å². The van der Waals surface area contributed by atoms with E-state index < -0.39 is 6.29 Å². The Balaban J connectivity index is 1.26. The van der Waals surface area contributed by atoms with Gasteiger partial charge in [0.25, 0.3) is 0 Å². The number of rotatable bonds is 11. The molecule has 1 saturated heterocycles. The summed E-state index contributed by atoms with van der Waals surface area (Å²) in [5, 5.41) is 9.64. The summed E-state index contributed by atoms with van der Waals surface area (Å²) in [7, 11) is 3.35. The van der Waals surface area contributed by atoms with Gasteiger partial charge >= 0.3 is 0 Å². The summed E-state index contributed by atoms with van der Waals surface area (Å²) in [6, 6.07) is 16.0. The molecule has 2 aromatic rings. The number of aliphatic hydroxyl groups is 1. The Morgan fingerprint density at radius 1 is 0.925 bits per heavy atom. The van der Waals surface area contributed by atoms with Gasteiger partial charge in [-0.25, -0.2) is 0 Å². The minimum absolute atomic E-state index is 0.0343. The summed E-state index contributed by atoms with van der Waals surface area (Å²) in [5.74, 6) is 3.75. The number of hydrogen-bond donors (Lipinski definition) is 1. The average molecular weight is 549 g/mol. The predicted octanol–water partition coefficient (Wildman–Crippen LogP) is 6.49. The molecule has 1 aliphatic heterocycles. The first-order valence-electron chi connectivity index (χ1n) is 14.6. The predicted molar refractivity (Wildman–Crippen MR) is 155 cm³/mol. The van der Waals surface area contributed by atoms with E-state index in [1.165, 1.54) is 0 Å². The zero-order valence-corrected chi connectivity index (χ0v) is 24.0. The number of ether oxygens (including phenoxy) is 5. The highest BCUT2D eigenvalue weighted by Crippen LogP contribution is 2.50. The number of aliphatic hydroxyl groups excluding tert-OH is 1. The molecule has 1 saturated carbocycles. The van der Waals surface area contributed by atoms with E-state index in [1.54, 1.807) is 14.2 Å². The number of benzene rings is 2. The fraction of sp³-hybridized carbons (Fsp3) is 0.529. The van der Waals surface area contributed by atoms with Crippen LogP contribution in [0, 0.1) is 29.6 Å². The molecule has 3 aliphatic rings. The summed E-state index contributed by atoms with van der Waals surface area (Å²) in [6.45, 7) is 7.30. The zero-order valence-electron chi connectivity index (χ0n) is 24.0. The second-order valence-corrected chi connectivity index (χ2v) is 11.5. The van der Waals surface area contributed by atoms with Crippen LogP contribution < -0.4 is 9.47 Å². The number of hydrogen-bond acceptors (Lipinski definition) is 6. The van der Waals surface area contributed by atoms with Crippen molar-refractivity contribution in [1.29, 1.82) is 0 Å². The number of fused-ring (bicyclic) bond motifs is 1. The maximum absolute atomic E-state index is 9.64. The molecule has 0 amide bonds. The molecule has 0 aromatic heterocycles. The largest absolute Gasteiger partial charge is 0.497 e. The average Bonchev–Trinajstić information content (AvgIpc) is 3.31. The Labute approximate surface area is 238 Å². The van der Waals surface area contributed by atoms with Crippen molar-refractivity contribution in [3.63, 3.8) is 0 Å². The molecule has 40 heavy (non-hydrogen) atoms. The normalized spacial score (nSPS) is 33.4. The lowest BCUT2D eigenvalue weighted by molar-refractivity contribution is -0.253. The Hall–Kier alpha value is -2.64. The van der Waals surface area contributed by atoms with E-state index in [4.69, 9.17) is 23.7 Å². The van der Waals surface area contributed by atoms with Crippen LogP contribution in [0.2, 0.25) is 0 Å². The Morgan fingerprint density at radius 2 is 1.60 bits per heavy atom. The van der Waals surface area contributed by atoms with Gasteiger partial charge in [0.15, 0.2) is 6.29 Å². The fourth-order valence-electron chi connectivity index (χ4n) is 6.99. The molecule has 1 N–H and O–H groups in total. The first-order valence-corrected chi connectivity index (χ1v) is 14.6. The lowest BCUT2D eigenvalue weighted by atomic mass is 9.69. The molecule has 0 unspecified atom stereocenters. The molecule has 216 valence electrons. The van der Waals surface area contributed by atoms with Crippen LogP contribution in [0.5, 0.6) is 11.5 Å². The third kappa shape index (κ3) is 6.46. The molecule has 2 aromatic carbocycles. The second kappa shape index (κ2) is 13.3. The van der Waals surface area contributed by atoms with Crippen molar-refractivity contribution >= 4 is 0 Å². The number of allylic oxidation sites excluding steroid dienone is 2. The minimum atomic E-state index is -0.453. The van der Waals surface area contributed by atoms with Gasteiger partial charge in [-0.2, -0.15) is 0 Å². The van der Waals surface area contributed by atoms with Crippen molar-refractivity contribution in [2.24, 2.45) is 29.6 Å². The Bertz CT molecular complexity index is 1110. The van der Waals surface area contributed by atoms with Crippen LogP contribution in [0.3, 0.4) is 0 Å². The van der Waals surface area contributed by atoms with Crippen molar-refractivity contribution in [2.75, 3.05) is 20.8 Å². The summed E-state index contributed by atoms with van der Waals surface area (Å²) in [4.78, 5) is 0. The highest BCUT2D eigenvalue weighted by atomic mass is 16.7. The van der Waals surface area contributed by atoms with E-state index in [9.17, 15) is 5.11 Å². The molecule has 6 heteroatoms. The van der Waals surface area contributed by atoms with Crippen LogP contribution >= 0.6 is 0 Å². The Kier molecular flexibility index (Phi) is 9.63. The van der Waals surface area contributed by atoms with Crippen molar-refractivity contribution in [3.8, 4) is 11.5 Å². The monoisotopic (exact) mass is 548 g/mol. The molecule has 2 fully saturated rings. The fourth-order valence-corrected chi connectivity index (χ4v) is 6.99. The smallest absolute Gasteiger partial charge is 0.184 e. The highest BCUT2D eigenvalue weighted by molar-refractivity contribution is 5.28. The van der Waals surface area contributed by atoms with Crippen molar-refractivity contribution in [3.05, 3.63) is 84.5 Å². The SMILES string of the molecule is C=C[C@H]1[C@@H]2C[C@@H](C)[C@@H](OCc3ccc(OC)cc3)[C@@H]2C=C[C@H]1C[C@H]1C[C@@H](CCO)O[C@@H](c2ccc(OC)cc2)O1. The van der Waals surface area contributed by atoms with Gasteiger partial charge in [-0.3, -0.25) is 0 Å². The van der Waals surface area contributed by atoms with Gasteiger partial charge in [-0.05, 0) is 72.8 Å². The first-order chi connectivity index (χ1) is 19.5. The van der Waals surface area contributed by atoms with E-state index in [0.717, 1.165) is 41.9 Å². The summed E-state index contributed by atoms with van der Waals surface area (Å²) in [5.41, 5.74) is 2.13. The highest BCUT2D eigenvalue weighted by Gasteiger charge is 2.47. The molecule has 0 radical (unpaired) electrons. The third-order valence-electron chi connectivity index (χ3n) is 9.05. The van der Waals surface area contributed by atoms with E-state index >= 15 is 0 Å². The number of methoxy groups -OCH3 is 2. The summed E-state index contributed by atoms with van der Waals surface area (Å²) >= 11 is 0. The van der Waals surface area contributed by atoms with Gasteiger partial charge in [0.1, 0.15) is 11.5 Å². The van der Waals surface area contributed by atoms with Gasteiger partial charge in [-0.15, -0.1) is 6.58 Å². The second-order valence-electron chi connectivity index (χ2n) is 11.5. The van der Waals surface area contributed by atoms with Crippen LogP contribution in [-0.4, -0.2) is 44.2 Å². The lowest BCUT2D eigenvalue weighted by Crippen LogP contribution is -2.38. The van der Waals surface area contributed by atoms with Gasteiger partial charge in [0.05, 0.1) is 39.1 Å². The van der Waals surface area contributed by atoms with Gasteiger partial charge < -0.3 is 28.8 Å². The maximum atomic E-state index is 9.64. The van der Waals surface area contributed by atoms with Crippen LogP contribution in [0.1, 0.15) is 50.0 Å². The lowest BCUT2D eigenvalue weighted by Gasteiger charge is -2.41. The molecule has 5 rings (SSSR count). The Morgan fingerprint density at radius 3 is 2.25 bits per heavy atom. The molecule has 1 heterocycles. The van der Waals surface area contributed by atoms with Crippen LogP contribution in [-0.2, 0) is 20.8 Å². The summed E-state index contributed by atoms with van der Waals surface area (Å²) < 4.78 is 29.9. The maximum Gasteiger partial charge on any atom is 0.184 e. The topological polar surface area (TPSA) is 66.4 Å². The van der Waals surface area contributed by atoms with Crippen LogP contribution in [0.4, 0.5) is 0 Å². The standard InChI is InChI=1S/C34H44O6/c1-5-30-25(19-29-20-28(16-17-35)39-34(40-29)24-8-13-27(37-4)14-9-24)10-15-31-32(30)18-22(2)33(31)38-21-23-6-11-26(36-3)12-7-23/h5-15,22,25,28-35H,1,16-21H2,2-4H3/t22-,25+,28-,29+,30-,31-,32+,33-,34-/m1/s1. The molecule has 6 nitrogen and oxygen atoms in total. The molecule has 2 aliphatic carbocycles. The van der Waals surface area contributed by atoms with Crippen LogP contribution in [0.15, 0.2) is 73.3 Å². The molecule has 0 bridgehead atoms. The quantitative estimate of drug-likeness (QED) is 0.324. The van der Waals surface area contributed by atoms with Gasteiger partial charge in [0.2, 0.25) is 0 Å².